The van der Waals surface area contributed by atoms with Crippen molar-refractivity contribution >= 4 is 17.6 Å². The van der Waals surface area contributed by atoms with Crippen LogP contribution >= 0.6 is 11.6 Å². The highest BCUT2D eigenvalue weighted by Crippen LogP contribution is 2.22. The van der Waals surface area contributed by atoms with Gasteiger partial charge in [-0.25, -0.2) is 9.48 Å². The number of carbonyl (C=O) groups is 1. The summed E-state index contributed by atoms with van der Waals surface area (Å²) in [5, 5.41) is 8.10. The third kappa shape index (κ3) is 2.20. The van der Waals surface area contributed by atoms with E-state index in [1.807, 2.05) is 0 Å². The monoisotopic (exact) mass is 266 g/mol. The second-order valence-corrected chi connectivity index (χ2v) is 3.91. The zero-order valence-corrected chi connectivity index (χ0v) is 10.4. The summed E-state index contributed by atoms with van der Waals surface area (Å²) in [6.45, 7) is 0.270. The second-order valence-electron chi connectivity index (χ2n) is 3.50. The molecule has 2 aromatic rings. The number of esters is 1. The van der Waals surface area contributed by atoms with Crippen LogP contribution < -0.4 is 5.73 Å². The average molecular weight is 267 g/mol. The van der Waals surface area contributed by atoms with E-state index in [-0.39, 0.29) is 6.54 Å². The van der Waals surface area contributed by atoms with Gasteiger partial charge in [-0.05, 0) is 18.2 Å². The van der Waals surface area contributed by atoms with Gasteiger partial charge in [0.05, 0.1) is 35.3 Å². The number of benzene rings is 1. The van der Waals surface area contributed by atoms with Crippen molar-refractivity contribution in [3.63, 3.8) is 0 Å². The number of methoxy groups -OCH3 is 1. The number of rotatable bonds is 3. The summed E-state index contributed by atoms with van der Waals surface area (Å²) in [4.78, 5) is 11.5. The first kappa shape index (κ1) is 12.5. The van der Waals surface area contributed by atoms with Crippen LogP contribution in [0.1, 0.15) is 16.1 Å². The van der Waals surface area contributed by atoms with Gasteiger partial charge in [0.25, 0.3) is 0 Å². The van der Waals surface area contributed by atoms with Crippen LogP contribution in [-0.2, 0) is 11.3 Å². The van der Waals surface area contributed by atoms with Gasteiger partial charge in [-0.1, -0.05) is 16.8 Å². The number of aromatic nitrogens is 3. The molecular weight excluding hydrogens is 256 g/mol. The van der Waals surface area contributed by atoms with Gasteiger partial charge in [-0.2, -0.15) is 0 Å². The minimum atomic E-state index is -0.442. The van der Waals surface area contributed by atoms with Gasteiger partial charge in [0.15, 0.2) is 0 Å². The third-order valence-corrected chi connectivity index (χ3v) is 2.74. The first-order chi connectivity index (χ1) is 8.67. The van der Waals surface area contributed by atoms with Crippen molar-refractivity contribution in [1.29, 1.82) is 0 Å². The van der Waals surface area contributed by atoms with Gasteiger partial charge in [0.2, 0.25) is 0 Å². The Hall–Kier alpha value is -1.92. The van der Waals surface area contributed by atoms with Crippen LogP contribution in [0, 0.1) is 0 Å². The number of nitrogens with two attached hydrogens (primary N) is 1. The van der Waals surface area contributed by atoms with Crippen LogP contribution in [-0.4, -0.2) is 28.1 Å². The normalized spacial score (nSPS) is 10.4. The van der Waals surface area contributed by atoms with E-state index in [9.17, 15) is 4.79 Å². The Morgan fingerprint density at radius 1 is 1.56 bits per heavy atom. The fourth-order valence-corrected chi connectivity index (χ4v) is 1.72. The standard InChI is InChI=1S/C11H11ClN4O2/c1-18-11(17)7-2-3-9(12)10(4-7)16-8(5-13)6-14-15-16/h2-4,6H,5,13H2,1H3. The molecule has 18 heavy (non-hydrogen) atoms. The predicted molar refractivity (Wildman–Crippen MR) is 65.6 cm³/mol. The van der Waals surface area contributed by atoms with Crippen LogP contribution in [0.4, 0.5) is 0 Å². The second kappa shape index (κ2) is 5.16. The van der Waals surface area contributed by atoms with E-state index in [1.165, 1.54) is 11.8 Å². The number of halogens is 1. The van der Waals surface area contributed by atoms with Crippen molar-refractivity contribution in [3.05, 3.63) is 40.7 Å². The zero-order chi connectivity index (χ0) is 13.1. The molecule has 1 aromatic heterocycles. The molecule has 7 heteroatoms. The summed E-state index contributed by atoms with van der Waals surface area (Å²) in [7, 11) is 1.32. The van der Waals surface area contributed by atoms with Crippen LogP contribution in [0.3, 0.4) is 0 Å². The topological polar surface area (TPSA) is 83.0 Å². The minimum Gasteiger partial charge on any atom is -0.465 e. The summed E-state index contributed by atoms with van der Waals surface area (Å²) in [5.74, 6) is -0.442. The van der Waals surface area contributed by atoms with Crippen LogP contribution in [0.5, 0.6) is 0 Å². The maximum atomic E-state index is 11.5. The number of nitrogens with zero attached hydrogens (tertiary/aromatic N) is 3. The lowest BCUT2D eigenvalue weighted by molar-refractivity contribution is 0.0600. The predicted octanol–water partition coefficient (Wildman–Crippen LogP) is 1.17. The number of ether oxygens (including phenoxy) is 1. The highest BCUT2D eigenvalue weighted by Gasteiger charge is 2.13. The Morgan fingerprint density at radius 3 is 3.00 bits per heavy atom. The Kier molecular flexibility index (Phi) is 3.59. The van der Waals surface area contributed by atoms with Gasteiger partial charge >= 0.3 is 5.97 Å². The molecule has 0 aliphatic carbocycles. The Bertz CT molecular complexity index is 582. The first-order valence-electron chi connectivity index (χ1n) is 5.15. The van der Waals surface area contributed by atoms with Gasteiger partial charge < -0.3 is 10.5 Å². The molecule has 1 aromatic carbocycles. The molecule has 94 valence electrons. The lowest BCUT2D eigenvalue weighted by Crippen LogP contribution is -2.09. The van der Waals surface area contributed by atoms with Crippen molar-refractivity contribution in [3.8, 4) is 5.69 Å². The summed E-state index contributed by atoms with van der Waals surface area (Å²) in [6.07, 6.45) is 1.54. The van der Waals surface area contributed by atoms with Crippen molar-refractivity contribution < 1.29 is 9.53 Å². The molecule has 6 nitrogen and oxygen atoms in total. The molecular formula is C11H11ClN4O2. The molecule has 0 saturated heterocycles. The number of hydrogen-bond acceptors (Lipinski definition) is 5. The molecule has 0 bridgehead atoms. The summed E-state index contributed by atoms with van der Waals surface area (Å²) in [5.41, 5.74) is 7.19. The van der Waals surface area contributed by atoms with Crippen LogP contribution in [0.2, 0.25) is 5.02 Å². The largest absolute Gasteiger partial charge is 0.465 e. The fourth-order valence-electron chi connectivity index (χ4n) is 1.52. The Labute approximate surface area is 108 Å². The van der Waals surface area contributed by atoms with E-state index in [4.69, 9.17) is 17.3 Å². The lowest BCUT2D eigenvalue weighted by atomic mass is 10.2. The van der Waals surface area contributed by atoms with Gasteiger partial charge in [0.1, 0.15) is 0 Å². The van der Waals surface area contributed by atoms with Gasteiger partial charge in [-0.3, -0.25) is 0 Å². The molecule has 2 rings (SSSR count). The minimum absolute atomic E-state index is 0.270. The van der Waals surface area contributed by atoms with Gasteiger partial charge in [0, 0.05) is 6.54 Å². The third-order valence-electron chi connectivity index (χ3n) is 2.42. The van der Waals surface area contributed by atoms with E-state index < -0.39 is 5.97 Å². The number of carbonyl (C=O) groups excluding carboxylic acids is 1. The van der Waals surface area contributed by atoms with E-state index >= 15 is 0 Å². The molecule has 1 heterocycles. The first-order valence-corrected chi connectivity index (χ1v) is 5.53. The molecule has 0 aliphatic heterocycles. The van der Waals surface area contributed by atoms with Crippen molar-refractivity contribution in [1.82, 2.24) is 15.0 Å². The summed E-state index contributed by atoms with van der Waals surface area (Å²) in [6, 6.07) is 4.77. The maximum Gasteiger partial charge on any atom is 0.337 e. The Morgan fingerprint density at radius 2 is 2.33 bits per heavy atom. The molecule has 0 aliphatic rings. The molecule has 0 fully saturated rings. The molecule has 0 radical (unpaired) electrons. The summed E-state index contributed by atoms with van der Waals surface area (Å²) < 4.78 is 6.15. The molecule has 0 amide bonds. The van der Waals surface area contributed by atoms with E-state index in [1.54, 1.807) is 24.4 Å². The number of hydrogen-bond donors (Lipinski definition) is 1. The Balaban J connectivity index is 2.53. The zero-order valence-electron chi connectivity index (χ0n) is 9.63. The molecule has 0 atom stereocenters. The fraction of sp³-hybridized carbons (Fsp3) is 0.182. The summed E-state index contributed by atoms with van der Waals surface area (Å²) >= 11 is 6.08. The molecule has 2 N–H and O–H groups in total. The van der Waals surface area contributed by atoms with Crippen molar-refractivity contribution in [2.45, 2.75) is 6.54 Å². The highest BCUT2D eigenvalue weighted by atomic mass is 35.5. The smallest absolute Gasteiger partial charge is 0.337 e. The van der Waals surface area contributed by atoms with Crippen molar-refractivity contribution in [2.24, 2.45) is 5.73 Å². The van der Waals surface area contributed by atoms with Crippen LogP contribution in [0.15, 0.2) is 24.4 Å². The van der Waals surface area contributed by atoms with Crippen LogP contribution in [0.25, 0.3) is 5.69 Å². The SMILES string of the molecule is COC(=O)c1ccc(Cl)c(-n2nncc2CN)c1. The van der Waals surface area contributed by atoms with E-state index in [0.29, 0.717) is 22.0 Å². The van der Waals surface area contributed by atoms with Gasteiger partial charge in [-0.15, -0.1) is 5.10 Å². The lowest BCUT2D eigenvalue weighted by Gasteiger charge is -2.08. The quantitative estimate of drug-likeness (QED) is 0.843. The average Bonchev–Trinajstić information content (AvgIpc) is 2.86. The molecule has 0 unspecified atom stereocenters. The van der Waals surface area contributed by atoms with E-state index in [2.05, 4.69) is 15.0 Å². The highest BCUT2D eigenvalue weighted by molar-refractivity contribution is 6.32. The molecule has 0 saturated carbocycles. The molecule has 0 spiro atoms. The maximum absolute atomic E-state index is 11.5. The van der Waals surface area contributed by atoms with Crippen molar-refractivity contribution in [2.75, 3.05) is 7.11 Å². The van der Waals surface area contributed by atoms with E-state index in [0.717, 1.165) is 0 Å².